The fourth-order valence-corrected chi connectivity index (χ4v) is 3.08. The molecule has 0 spiro atoms. The molecule has 1 aliphatic rings. The summed E-state index contributed by atoms with van der Waals surface area (Å²) >= 11 is 1.49. The van der Waals surface area contributed by atoms with Crippen molar-refractivity contribution >= 4 is 22.4 Å². The fraction of sp³-hybridized carbons (Fsp3) is 0.429. The fourth-order valence-electron chi connectivity index (χ4n) is 2.23. The SMILES string of the molecule is CC(C)c1nsc(N2CCNCc3ccccc32)n1. The topological polar surface area (TPSA) is 41.1 Å². The van der Waals surface area contributed by atoms with E-state index in [0.717, 1.165) is 30.6 Å². The van der Waals surface area contributed by atoms with E-state index in [1.807, 2.05) is 0 Å². The van der Waals surface area contributed by atoms with Crippen molar-refractivity contribution in [2.24, 2.45) is 0 Å². The molecule has 0 atom stereocenters. The lowest BCUT2D eigenvalue weighted by molar-refractivity contribution is 0.711. The van der Waals surface area contributed by atoms with E-state index in [4.69, 9.17) is 0 Å². The summed E-state index contributed by atoms with van der Waals surface area (Å²) in [6.07, 6.45) is 0. The first-order valence-corrected chi connectivity index (χ1v) is 7.43. The number of nitrogens with one attached hydrogen (secondary N) is 1. The summed E-state index contributed by atoms with van der Waals surface area (Å²) in [4.78, 5) is 6.96. The number of nitrogens with zero attached hydrogens (tertiary/aromatic N) is 3. The Labute approximate surface area is 117 Å². The van der Waals surface area contributed by atoms with Crippen LogP contribution in [0.3, 0.4) is 0 Å². The third-order valence-corrected chi connectivity index (χ3v) is 4.04. The van der Waals surface area contributed by atoms with Crippen molar-refractivity contribution < 1.29 is 0 Å². The molecule has 0 radical (unpaired) electrons. The Hall–Kier alpha value is -1.46. The van der Waals surface area contributed by atoms with Gasteiger partial charge in [0.2, 0.25) is 5.13 Å². The van der Waals surface area contributed by atoms with Gasteiger partial charge in [0.05, 0.1) is 0 Å². The predicted molar refractivity (Wildman–Crippen MR) is 79.2 cm³/mol. The van der Waals surface area contributed by atoms with Crippen LogP contribution in [0.15, 0.2) is 24.3 Å². The average Bonchev–Trinajstić information content (AvgIpc) is 2.80. The van der Waals surface area contributed by atoms with Crippen molar-refractivity contribution in [3.8, 4) is 0 Å². The molecule has 5 heteroatoms. The molecule has 1 aromatic carbocycles. The molecule has 0 bridgehead atoms. The van der Waals surface area contributed by atoms with Crippen LogP contribution in [0, 0.1) is 0 Å². The van der Waals surface area contributed by atoms with Gasteiger partial charge in [-0.15, -0.1) is 0 Å². The lowest BCUT2D eigenvalue weighted by Crippen LogP contribution is -2.24. The van der Waals surface area contributed by atoms with Crippen LogP contribution in [0.4, 0.5) is 10.8 Å². The molecule has 0 aliphatic carbocycles. The Morgan fingerprint density at radius 2 is 2.16 bits per heavy atom. The molecule has 100 valence electrons. The van der Waals surface area contributed by atoms with Crippen molar-refractivity contribution in [1.82, 2.24) is 14.7 Å². The highest BCUT2D eigenvalue weighted by molar-refractivity contribution is 7.09. The molecule has 0 amide bonds. The first kappa shape index (κ1) is 12.6. The Bertz CT molecular complexity index is 564. The van der Waals surface area contributed by atoms with Gasteiger partial charge in [-0.3, -0.25) is 0 Å². The van der Waals surface area contributed by atoms with Crippen LogP contribution in [0.25, 0.3) is 0 Å². The Kier molecular flexibility index (Phi) is 3.48. The second kappa shape index (κ2) is 5.27. The molecule has 1 aliphatic heterocycles. The number of rotatable bonds is 2. The zero-order chi connectivity index (χ0) is 13.2. The summed E-state index contributed by atoms with van der Waals surface area (Å²) < 4.78 is 4.46. The van der Waals surface area contributed by atoms with E-state index in [1.165, 1.54) is 22.8 Å². The molecule has 4 nitrogen and oxygen atoms in total. The summed E-state index contributed by atoms with van der Waals surface area (Å²) in [5.74, 6) is 1.32. The van der Waals surface area contributed by atoms with Crippen molar-refractivity contribution in [2.75, 3.05) is 18.0 Å². The minimum Gasteiger partial charge on any atom is -0.315 e. The molecule has 2 heterocycles. The highest BCUT2D eigenvalue weighted by Gasteiger charge is 2.20. The van der Waals surface area contributed by atoms with Crippen LogP contribution in [0.2, 0.25) is 0 Å². The van der Waals surface area contributed by atoms with Crippen LogP contribution in [0.1, 0.15) is 31.2 Å². The molecule has 0 saturated carbocycles. The third-order valence-electron chi connectivity index (χ3n) is 3.29. The van der Waals surface area contributed by atoms with E-state index in [1.54, 1.807) is 0 Å². The second-order valence-corrected chi connectivity index (χ2v) is 5.78. The Morgan fingerprint density at radius 3 is 2.95 bits per heavy atom. The van der Waals surface area contributed by atoms with Gasteiger partial charge in [-0.1, -0.05) is 32.0 Å². The van der Waals surface area contributed by atoms with Crippen LogP contribution in [-0.4, -0.2) is 22.4 Å². The first-order chi connectivity index (χ1) is 9.25. The van der Waals surface area contributed by atoms with E-state index < -0.39 is 0 Å². The number of para-hydroxylation sites is 1. The number of benzene rings is 1. The lowest BCUT2D eigenvalue weighted by Gasteiger charge is -2.20. The highest BCUT2D eigenvalue weighted by Crippen LogP contribution is 2.31. The van der Waals surface area contributed by atoms with Crippen LogP contribution < -0.4 is 10.2 Å². The summed E-state index contributed by atoms with van der Waals surface area (Å²) in [5.41, 5.74) is 2.57. The molecule has 3 rings (SSSR count). The van der Waals surface area contributed by atoms with Gasteiger partial charge in [0.1, 0.15) is 5.82 Å². The predicted octanol–water partition coefficient (Wildman–Crippen LogP) is 2.90. The average molecular weight is 274 g/mol. The van der Waals surface area contributed by atoms with E-state index in [2.05, 4.69) is 57.7 Å². The number of anilines is 2. The van der Waals surface area contributed by atoms with Crippen molar-refractivity contribution in [3.63, 3.8) is 0 Å². The summed E-state index contributed by atoms with van der Waals surface area (Å²) in [5, 5.41) is 4.45. The van der Waals surface area contributed by atoms with Crippen LogP contribution in [-0.2, 0) is 6.54 Å². The molecular formula is C14H18N4S. The maximum absolute atomic E-state index is 4.68. The van der Waals surface area contributed by atoms with E-state index in [-0.39, 0.29) is 0 Å². The van der Waals surface area contributed by atoms with Crippen LogP contribution >= 0.6 is 11.5 Å². The molecule has 1 aromatic heterocycles. The second-order valence-electron chi connectivity index (χ2n) is 5.05. The van der Waals surface area contributed by atoms with Gasteiger partial charge in [-0.05, 0) is 11.6 Å². The zero-order valence-corrected chi connectivity index (χ0v) is 12.1. The van der Waals surface area contributed by atoms with Gasteiger partial charge < -0.3 is 10.2 Å². The standard InChI is InChI=1S/C14H18N4S/c1-10(2)13-16-14(19-17-13)18-8-7-15-9-11-5-3-4-6-12(11)18/h3-6,10,15H,7-9H2,1-2H3. The molecule has 0 unspecified atom stereocenters. The number of hydrogen-bond donors (Lipinski definition) is 1. The molecule has 0 fully saturated rings. The lowest BCUT2D eigenvalue weighted by atomic mass is 10.1. The van der Waals surface area contributed by atoms with Gasteiger partial charge in [0, 0.05) is 42.8 Å². The van der Waals surface area contributed by atoms with Gasteiger partial charge in [0.25, 0.3) is 0 Å². The molecule has 0 saturated heterocycles. The summed E-state index contributed by atoms with van der Waals surface area (Å²) in [6, 6.07) is 8.51. The van der Waals surface area contributed by atoms with Gasteiger partial charge in [0.15, 0.2) is 0 Å². The largest absolute Gasteiger partial charge is 0.315 e. The Morgan fingerprint density at radius 1 is 1.32 bits per heavy atom. The number of hydrogen-bond acceptors (Lipinski definition) is 5. The van der Waals surface area contributed by atoms with Crippen molar-refractivity contribution in [1.29, 1.82) is 0 Å². The van der Waals surface area contributed by atoms with E-state index >= 15 is 0 Å². The smallest absolute Gasteiger partial charge is 0.209 e. The molecule has 2 aromatic rings. The summed E-state index contributed by atoms with van der Waals surface area (Å²) in [6.45, 7) is 7.07. The quantitative estimate of drug-likeness (QED) is 0.914. The maximum atomic E-state index is 4.68. The van der Waals surface area contributed by atoms with Gasteiger partial charge >= 0.3 is 0 Å². The van der Waals surface area contributed by atoms with Gasteiger partial charge in [-0.25, -0.2) is 4.98 Å². The molecular weight excluding hydrogens is 256 g/mol. The summed E-state index contributed by atoms with van der Waals surface area (Å²) in [7, 11) is 0. The number of aromatic nitrogens is 2. The van der Waals surface area contributed by atoms with E-state index in [9.17, 15) is 0 Å². The van der Waals surface area contributed by atoms with Gasteiger partial charge in [-0.2, -0.15) is 4.37 Å². The highest BCUT2D eigenvalue weighted by atomic mass is 32.1. The molecule has 19 heavy (non-hydrogen) atoms. The normalized spacial score (nSPS) is 15.4. The Balaban J connectivity index is 1.99. The minimum atomic E-state index is 0.380. The number of fused-ring (bicyclic) bond motifs is 1. The van der Waals surface area contributed by atoms with Crippen molar-refractivity contribution in [3.05, 3.63) is 35.7 Å². The van der Waals surface area contributed by atoms with Crippen molar-refractivity contribution in [2.45, 2.75) is 26.3 Å². The molecule has 1 N–H and O–H groups in total. The van der Waals surface area contributed by atoms with E-state index in [0.29, 0.717) is 5.92 Å². The monoisotopic (exact) mass is 274 g/mol. The third kappa shape index (κ3) is 2.48. The first-order valence-electron chi connectivity index (χ1n) is 6.65. The zero-order valence-electron chi connectivity index (χ0n) is 11.3. The van der Waals surface area contributed by atoms with Crippen LogP contribution in [0.5, 0.6) is 0 Å². The minimum absolute atomic E-state index is 0.380. The maximum Gasteiger partial charge on any atom is 0.209 e.